The normalized spacial score (nSPS) is 10.1. The van der Waals surface area contributed by atoms with Gasteiger partial charge < -0.3 is 4.74 Å². The van der Waals surface area contributed by atoms with E-state index >= 15 is 0 Å². The Balaban J connectivity index is 2.13. The zero-order chi connectivity index (χ0) is 14.5. The Labute approximate surface area is 123 Å². The van der Waals surface area contributed by atoms with Gasteiger partial charge in [-0.3, -0.25) is 14.9 Å². The summed E-state index contributed by atoms with van der Waals surface area (Å²) in [6.45, 7) is -0.249. The van der Waals surface area contributed by atoms with Gasteiger partial charge in [0.05, 0.1) is 4.92 Å². The third-order valence-electron chi connectivity index (χ3n) is 2.57. The highest BCUT2D eigenvalue weighted by Crippen LogP contribution is 2.30. The topological polar surface area (TPSA) is 69.4 Å². The number of nitrogens with zero attached hydrogens (tertiary/aromatic N) is 1. The molecule has 0 unspecified atom stereocenters. The van der Waals surface area contributed by atoms with E-state index in [9.17, 15) is 14.9 Å². The number of carbonyl (C=O) groups is 1. The molecule has 0 aliphatic rings. The molecule has 0 fully saturated rings. The van der Waals surface area contributed by atoms with Crippen molar-refractivity contribution in [1.82, 2.24) is 0 Å². The van der Waals surface area contributed by atoms with Crippen LogP contribution in [0.2, 0.25) is 0 Å². The predicted octanol–water partition coefficient (Wildman–Crippen LogP) is 3.62. The molecule has 0 bridgehead atoms. The average molecular weight is 336 g/mol. The minimum atomic E-state index is -0.547. The monoisotopic (exact) mass is 335 g/mol. The highest BCUT2D eigenvalue weighted by Gasteiger charge is 2.16. The van der Waals surface area contributed by atoms with Crippen molar-refractivity contribution in [3.05, 3.63) is 68.7 Å². The van der Waals surface area contributed by atoms with Gasteiger partial charge in [-0.1, -0.05) is 46.3 Å². The summed E-state index contributed by atoms with van der Waals surface area (Å²) in [7, 11) is 0. The first-order valence-corrected chi connectivity index (χ1v) is 6.52. The summed E-state index contributed by atoms with van der Waals surface area (Å²) in [6, 6.07) is 13.0. The van der Waals surface area contributed by atoms with Gasteiger partial charge in [0.1, 0.15) is 0 Å². The van der Waals surface area contributed by atoms with Gasteiger partial charge in [-0.25, -0.2) is 0 Å². The number of halogens is 1. The first kappa shape index (κ1) is 14.2. The van der Waals surface area contributed by atoms with Gasteiger partial charge in [0.25, 0.3) is 0 Å². The highest BCUT2D eigenvalue weighted by atomic mass is 79.9. The maximum atomic E-state index is 11.9. The first-order chi connectivity index (χ1) is 9.58. The SMILES string of the molecule is O=C(COc1cc(Br)ccc1[N+](=O)[O-])c1ccccc1. The van der Waals surface area contributed by atoms with Crippen molar-refractivity contribution in [1.29, 1.82) is 0 Å². The van der Waals surface area contributed by atoms with Crippen LogP contribution in [-0.4, -0.2) is 17.3 Å². The molecule has 0 spiro atoms. The van der Waals surface area contributed by atoms with Crippen molar-refractivity contribution in [3.8, 4) is 5.75 Å². The van der Waals surface area contributed by atoms with Crippen LogP contribution >= 0.6 is 15.9 Å². The maximum absolute atomic E-state index is 11.9. The number of benzene rings is 2. The Kier molecular flexibility index (Phi) is 4.47. The lowest BCUT2D eigenvalue weighted by molar-refractivity contribution is -0.385. The van der Waals surface area contributed by atoms with Crippen molar-refractivity contribution in [2.75, 3.05) is 6.61 Å². The smallest absolute Gasteiger partial charge is 0.311 e. The molecule has 102 valence electrons. The van der Waals surface area contributed by atoms with E-state index in [0.717, 1.165) is 0 Å². The van der Waals surface area contributed by atoms with Crippen molar-refractivity contribution in [2.24, 2.45) is 0 Å². The zero-order valence-electron chi connectivity index (χ0n) is 10.3. The van der Waals surface area contributed by atoms with Crippen molar-refractivity contribution in [2.45, 2.75) is 0 Å². The summed E-state index contributed by atoms with van der Waals surface area (Å²) in [5, 5.41) is 10.9. The van der Waals surface area contributed by atoms with E-state index in [1.807, 2.05) is 0 Å². The molecule has 0 saturated carbocycles. The molecule has 0 N–H and O–H groups in total. The number of carbonyl (C=O) groups excluding carboxylic acids is 1. The lowest BCUT2D eigenvalue weighted by Gasteiger charge is -2.06. The first-order valence-electron chi connectivity index (χ1n) is 5.73. The van der Waals surface area contributed by atoms with E-state index in [2.05, 4.69) is 15.9 Å². The zero-order valence-corrected chi connectivity index (χ0v) is 11.9. The average Bonchev–Trinajstić information content (AvgIpc) is 2.45. The molecular weight excluding hydrogens is 326 g/mol. The van der Waals surface area contributed by atoms with Crippen LogP contribution < -0.4 is 4.74 Å². The van der Waals surface area contributed by atoms with Gasteiger partial charge in [-0.2, -0.15) is 0 Å². The van der Waals surface area contributed by atoms with Crippen molar-refractivity contribution >= 4 is 27.4 Å². The molecular formula is C14H10BrNO4. The minimum absolute atomic E-state index is 0.0636. The number of Topliss-reactive ketones (excluding diaryl/α,β-unsaturated/α-hetero) is 1. The molecule has 0 saturated heterocycles. The van der Waals surface area contributed by atoms with Gasteiger partial charge >= 0.3 is 5.69 Å². The molecule has 6 heteroatoms. The summed E-state index contributed by atoms with van der Waals surface area (Å²) < 4.78 is 5.92. The number of rotatable bonds is 5. The van der Waals surface area contributed by atoms with Crippen LogP contribution in [0.5, 0.6) is 5.75 Å². The Morgan fingerprint density at radius 3 is 2.55 bits per heavy atom. The molecule has 0 heterocycles. The fraction of sp³-hybridized carbons (Fsp3) is 0.0714. The Morgan fingerprint density at radius 2 is 1.90 bits per heavy atom. The van der Waals surface area contributed by atoms with Crippen LogP contribution in [0.25, 0.3) is 0 Å². The van der Waals surface area contributed by atoms with Crippen LogP contribution in [0.4, 0.5) is 5.69 Å². The highest BCUT2D eigenvalue weighted by molar-refractivity contribution is 9.10. The fourth-order valence-electron chi connectivity index (χ4n) is 1.61. The van der Waals surface area contributed by atoms with E-state index in [4.69, 9.17) is 4.74 Å². The van der Waals surface area contributed by atoms with Gasteiger partial charge in [0.15, 0.2) is 18.1 Å². The van der Waals surface area contributed by atoms with Gasteiger partial charge in [0, 0.05) is 22.2 Å². The predicted molar refractivity (Wildman–Crippen MR) is 77.1 cm³/mol. The Morgan fingerprint density at radius 1 is 1.20 bits per heavy atom. The molecule has 2 rings (SSSR count). The largest absolute Gasteiger partial charge is 0.478 e. The van der Waals surface area contributed by atoms with Gasteiger partial charge in [-0.15, -0.1) is 0 Å². The molecule has 0 aliphatic heterocycles. The van der Waals surface area contributed by atoms with Crippen molar-refractivity contribution in [3.63, 3.8) is 0 Å². The summed E-state index contributed by atoms with van der Waals surface area (Å²) in [4.78, 5) is 22.2. The molecule has 0 aromatic heterocycles. The molecule has 5 nitrogen and oxygen atoms in total. The van der Waals surface area contributed by atoms with E-state index in [1.54, 1.807) is 36.4 Å². The maximum Gasteiger partial charge on any atom is 0.311 e. The number of nitro groups is 1. The third-order valence-corrected chi connectivity index (χ3v) is 3.07. The molecule has 0 radical (unpaired) electrons. The number of hydrogen-bond acceptors (Lipinski definition) is 4. The van der Waals surface area contributed by atoms with Gasteiger partial charge in [-0.05, 0) is 6.07 Å². The van der Waals surface area contributed by atoms with E-state index in [1.165, 1.54) is 12.1 Å². The molecule has 0 aliphatic carbocycles. The molecule has 2 aromatic carbocycles. The van der Waals surface area contributed by atoms with Crippen LogP contribution in [0.15, 0.2) is 53.0 Å². The van der Waals surface area contributed by atoms with Crippen LogP contribution in [0.1, 0.15) is 10.4 Å². The van der Waals surface area contributed by atoms with Gasteiger partial charge in [0.2, 0.25) is 0 Å². The van der Waals surface area contributed by atoms with Crippen molar-refractivity contribution < 1.29 is 14.5 Å². The number of nitro benzene ring substituents is 1. The second-order valence-corrected chi connectivity index (χ2v) is 4.86. The summed E-state index contributed by atoms with van der Waals surface area (Å²) >= 11 is 3.21. The second-order valence-electron chi connectivity index (χ2n) is 3.95. The standard InChI is InChI=1S/C14H10BrNO4/c15-11-6-7-12(16(18)19)14(8-11)20-9-13(17)10-4-2-1-3-5-10/h1-8H,9H2. The third kappa shape index (κ3) is 3.42. The number of ketones is 1. The summed E-state index contributed by atoms with van der Waals surface area (Å²) in [5.41, 5.74) is 0.333. The van der Waals surface area contributed by atoms with E-state index in [-0.39, 0.29) is 23.8 Å². The Hall–Kier alpha value is -2.21. The van der Waals surface area contributed by atoms with E-state index < -0.39 is 4.92 Å². The lowest BCUT2D eigenvalue weighted by Crippen LogP contribution is -2.12. The fourth-order valence-corrected chi connectivity index (χ4v) is 1.95. The quantitative estimate of drug-likeness (QED) is 0.475. The molecule has 0 amide bonds. The Bertz CT molecular complexity index is 643. The molecule has 20 heavy (non-hydrogen) atoms. The molecule has 2 aromatic rings. The lowest BCUT2D eigenvalue weighted by atomic mass is 10.1. The second kappa shape index (κ2) is 6.29. The van der Waals surface area contributed by atoms with Crippen LogP contribution in [0.3, 0.4) is 0 Å². The van der Waals surface area contributed by atoms with Crippen LogP contribution in [-0.2, 0) is 0 Å². The molecule has 0 atom stereocenters. The number of ether oxygens (including phenoxy) is 1. The minimum Gasteiger partial charge on any atom is -0.478 e. The van der Waals surface area contributed by atoms with E-state index in [0.29, 0.717) is 10.0 Å². The summed E-state index contributed by atoms with van der Waals surface area (Å²) in [6.07, 6.45) is 0. The summed E-state index contributed by atoms with van der Waals surface area (Å²) in [5.74, 6) is -0.173. The number of hydrogen-bond donors (Lipinski definition) is 0. The van der Waals surface area contributed by atoms with Crippen LogP contribution in [0, 0.1) is 10.1 Å².